The summed E-state index contributed by atoms with van der Waals surface area (Å²) in [5.41, 5.74) is 3.11. The maximum atomic E-state index is 12.5. The fourth-order valence-electron chi connectivity index (χ4n) is 3.81. The number of H-pyrrole nitrogens is 1. The molecule has 0 aliphatic heterocycles. The average molecular weight is 415 g/mol. The molecular weight excluding hydrogens is 390 g/mol. The zero-order valence-corrected chi connectivity index (χ0v) is 17.6. The van der Waals surface area contributed by atoms with Crippen LogP contribution in [0, 0.1) is 0 Å². The number of likely N-dealkylation sites (N-methyl/N-ethyl adjacent to an activating group) is 1. The van der Waals surface area contributed by atoms with Crippen molar-refractivity contribution >= 4 is 27.5 Å². The third-order valence-corrected chi connectivity index (χ3v) is 5.45. The van der Waals surface area contributed by atoms with E-state index in [1.807, 2.05) is 61.5 Å². The molecule has 0 radical (unpaired) electrons. The number of hydrogen-bond donors (Lipinski definition) is 3. The summed E-state index contributed by atoms with van der Waals surface area (Å²) in [6.07, 6.45) is 1.61. The Bertz CT molecular complexity index is 1310. The molecule has 3 aromatic carbocycles. The number of aromatic nitrogens is 1. The predicted molar refractivity (Wildman–Crippen MR) is 124 cm³/mol. The van der Waals surface area contributed by atoms with Crippen LogP contribution in [-0.2, 0) is 6.61 Å². The molecule has 0 atom stereocenters. The second-order valence-electron chi connectivity index (χ2n) is 7.86. The zero-order chi connectivity index (χ0) is 22.0. The Kier molecular flexibility index (Phi) is 5.84. The molecule has 4 rings (SSSR count). The highest BCUT2D eigenvalue weighted by Crippen LogP contribution is 2.31. The van der Waals surface area contributed by atoms with Crippen LogP contribution in [0.5, 0.6) is 0 Å². The van der Waals surface area contributed by atoms with E-state index in [4.69, 9.17) is 0 Å². The lowest BCUT2D eigenvalue weighted by Crippen LogP contribution is -2.31. The molecule has 6 nitrogen and oxygen atoms in total. The molecule has 158 valence electrons. The number of fused-ring (bicyclic) bond motifs is 3. The Hall–Kier alpha value is -3.48. The van der Waals surface area contributed by atoms with Gasteiger partial charge in [-0.2, -0.15) is 0 Å². The summed E-state index contributed by atoms with van der Waals surface area (Å²) >= 11 is 0. The molecule has 0 bridgehead atoms. The standard InChI is InChI=1S/C25H25N3O3/c1-28(2)12-11-27-24(30)17-5-3-16(4-6-17)18-7-8-21-20(15-29)13-19-9-10-26-25(31)23(19)22(21)14-18/h3-10,13-14,29H,11-12,15H2,1-2H3,(H,26,31)(H,27,30). The van der Waals surface area contributed by atoms with Crippen molar-refractivity contribution in [3.05, 3.63) is 82.3 Å². The van der Waals surface area contributed by atoms with E-state index in [1.165, 1.54) is 0 Å². The van der Waals surface area contributed by atoms with Gasteiger partial charge >= 0.3 is 0 Å². The molecule has 1 heterocycles. The number of carbonyl (C=O) groups is 1. The Morgan fingerprint density at radius 2 is 1.74 bits per heavy atom. The molecule has 1 amide bonds. The maximum absolute atomic E-state index is 12.5. The lowest BCUT2D eigenvalue weighted by Gasteiger charge is -2.12. The number of carbonyl (C=O) groups excluding carboxylic acids is 1. The first-order chi connectivity index (χ1) is 15.0. The third kappa shape index (κ3) is 4.21. The Morgan fingerprint density at radius 3 is 2.45 bits per heavy atom. The normalized spacial score (nSPS) is 11.4. The number of pyridine rings is 1. The molecule has 0 saturated carbocycles. The van der Waals surface area contributed by atoms with Crippen molar-refractivity contribution in [2.24, 2.45) is 0 Å². The van der Waals surface area contributed by atoms with Crippen LogP contribution < -0.4 is 10.9 Å². The molecule has 31 heavy (non-hydrogen) atoms. The fourth-order valence-corrected chi connectivity index (χ4v) is 3.81. The molecule has 0 spiro atoms. The van der Waals surface area contributed by atoms with E-state index in [-0.39, 0.29) is 18.1 Å². The number of amides is 1. The fraction of sp³-hybridized carbons (Fsp3) is 0.200. The number of aliphatic hydroxyl groups is 1. The summed E-state index contributed by atoms with van der Waals surface area (Å²) in [7, 11) is 3.93. The summed E-state index contributed by atoms with van der Waals surface area (Å²) in [6, 6.07) is 17.0. The lowest BCUT2D eigenvalue weighted by molar-refractivity contribution is 0.0951. The SMILES string of the molecule is CN(C)CCNC(=O)c1ccc(-c2ccc3c(CO)cc4cc[nH]c(=O)c4c3c2)cc1. The minimum atomic E-state index is -0.158. The van der Waals surface area contributed by atoms with Gasteiger partial charge < -0.3 is 20.3 Å². The Balaban J connectivity index is 1.71. The highest BCUT2D eigenvalue weighted by Gasteiger charge is 2.11. The number of aromatic amines is 1. The molecule has 0 saturated heterocycles. The van der Waals surface area contributed by atoms with Crippen LogP contribution in [-0.4, -0.2) is 48.1 Å². The smallest absolute Gasteiger partial charge is 0.256 e. The van der Waals surface area contributed by atoms with Crippen molar-refractivity contribution < 1.29 is 9.90 Å². The summed E-state index contributed by atoms with van der Waals surface area (Å²) in [5, 5.41) is 15.8. The Morgan fingerprint density at radius 1 is 1.00 bits per heavy atom. The van der Waals surface area contributed by atoms with Gasteiger partial charge in [-0.05, 0) is 77.3 Å². The second-order valence-corrected chi connectivity index (χ2v) is 7.86. The molecule has 6 heteroatoms. The number of benzene rings is 3. The second kappa shape index (κ2) is 8.71. The molecule has 3 N–H and O–H groups in total. The van der Waals surface area contributed by atoms with Gasteiger partial charge in [0.25, 0.3) is 11.5 Å². The molecule has 1 aromatic heterocycles. The molecular formula is C25H25N3O3. The molecule has 0 fully saturated rings. The number of hydrogen-bond acceptors (Lipinski definition) is 4. The van der Waals surface area contributed by atoms with Crippen LogP contribution in [0.4, 0.5) is 0 Å². The minimum absolute atomic E-state index is 0.1000. The van der Waals surface area contributed by atoms with E-state index in [9.17, 15) is 14.7 Å². The maximum Gasteiger partial charge on any atom is 0.256 e. The van der Waals surface area contributed by atoms with Crippen LogP contribution in [0.2, 0.25) is 0 Å². The molecule has 4 aromatic rings. The van der Waals surface area contributed by atoms with E-state index in [2.05, 4.69) is 10.3 Å². The van der Waals surface area contributed by atoms with Crippen LogP contribution in [0.25, 0.3) is 32.7 Å². The van der Waals surface area contributed by atoms with Crippen molar-refractivity contribution in [3.63, 3.8) is 0 Å². The van der Waals surface area contributed by atoms with Crippen molar-refractivity contribution in [2.45, 2.75) is 6.61 Å². The highest BCUT2D eigenvalue weighted by molar-refractivity contribution is 6.09. The monoisotopic (exact) mass is 415 g/mol. The first-order valence-corrected chi connectivity index (χ1v) is 10.2. The largest absolute Gasteiger partial charge is 0.392 e. The highest BCUT2D eigenvalue weighted by atomic mass is 16.3. The van der Waals surface area contributed by atoms with Crippen LogP contribution in [0.1, 0.15) is 15.9 Å². The van der Waals surface area contributed by atoms with Gasteiger partial charge in [0, 0.05) is 24.8 Å². The van der Waals surface area contributed by atoms with Crippen molar-refractivity contribution in [1.29, 1.82) is 0 Å². The van der Waals surface area contributed by atoms with Gasteiger partial charge in [0.2, 0.25) is 0 Å². The van der Waals surface area contributed by atoms with Gasteiger partial charge in [-0.3, -0.25) is 9.59 Å². The van der Waals surface area contributed by atoms with E-state index >= 15 is 0 Å². The summed E-state index contributed by atoms with van der Waals surface area (Å²) in [5.74, 6) is -0.1000. The van der Waals surface area contributed by atoms with E-state index in [1.54, 1.807) is 18.3 Å². The molecule has 0 aliphatic rings. The van der Waals surface area contributed by atoms with E-state index in [0.29, 0.717) is 17.5 Å². The summed E-state index contributed by atoms with van der Waals surface area (Å²) in [4.78, 5) is 29.6. The van der Waals surface area contributed by atoms with Crippen LogP contribution in [0.3, 0.4) is 0 Å². The number of nitrogens with one attached hydrogen (secondary N) is 2. The first kappa shape index (κ1) is 20.8. The van der Waals surface area contributed by atoms with Crippen LogP contribution >= 0.6 is 0 Å². The van der Waals surface area contributed by atoms with Gasteiger partial charge in [-0.1, -0.05) is 24.3 Å². The van der Waals surface area contributed by atoms with Crippen molar-refractivity contribution in [1.82, 2.24) is 15.2 Å². The van der Waals surface area contributed by atoms with E-state index < -0.39 is 0 Å². The lowest BCUT2D eigenvalue weighted by atomic mass is 9.94. The topological polar surface area (TPSA) is 85.4 Å². The molecule has 0 aliphatic carbocycles. The first-order valence-electron chi connectivity index (χ1n) is 10.2. The van der Waals surface area contributed by atoms with Crippen LogP contribution in [0.15, 0.2) is 65.6 Å². The van der Waals surface area contributed by atoms with Gasteiger partial charge in [0.1, 0.15) is 0 Å². The van der Waals surface area contributed by atoms with Crippen molar-refractivity contribution in [3.8, 4) is 11.1 Å². The summed E-state index contributed by atoms with van der Waals surface area (Å²) in [6.45, 7) is 1.27. The van der Waals surface area contributed by atoms with Gasteiger partial charge in [-0.15, -0.1) is 0 Å². The number of nitrogens with zero attached hydrogens (tertiary/aromatic N) is 1. The van der Waals surface area contributed by atoms with Gasteiger partial charge in [-0.25, -0.2) is 0 Å². The predicted octanol–water partition coefficient (Wildman–Crippen LogP) is 3.13. The minimum Gasteiger partial charge on any atom is -0.392 e. The molecule has 0 unspecified atom stereocenters. The van der Waals surface area contributed by atoms with Gasteiger partial charge in [0.05, 0.1) is 12.0 Å². The zero-order valence-electron chi connectivity index (χ0n) is 17.6. The number of aliphatic hydroxyl groups excluding tert-OH is 1. The average Bonchev–Trinajstić information content (AvgIpc) is 2.78. The van der Waals surface area contributed by atoms with E-state index in [0.717, 1.165) is 39.4 Å². The van der Waals surface area contributed by atoms with Crippen molar-refractivity contribution in [2.75, 3.05) is 27.2 Å². The number of rotatable bonds is 6. The van der Waals surface area contributed by atoms with Gasteiger partial charge in [0.15, 0.2) is 0 Å². The third-order valence-electron chi connectivity index (χ3n) is 5.45. The summed E-state index contributed by atoms with van der Waals surface area (Å²) < 4.78 is 0. The quantitative estimate of drug-likeness (QED) is 0.423. The Labute approximate surface area is 180 Å².